The summed E-state index contributed by atoms with van der Waals surface area (Å²) in [4.78, 5) is 16.3. The lowest BCUT2D eigenvalue weighted by molar-refractivity contribution is -0.136. The highest BCUT2D eigenvalue weighted by Crippen LogP contribution is 2.37. The average Bonchev–Trinajstić information content (AvgIpc) is 2.87. The maximum atomic E-state index is 13.5. The van der Waals surface area contributed by atoms with Gasteiger partial charge in [0.15, 0.2) is 11.8 Å². The molecule has 0 radical (unpaired) electrons. The van der Waals surface area contributed by atoms with Crippen LogP contribution >= 0.6 is 0 Å². The molecule has 0 aliphatic rings. The highest BCUT2D eigenvalue weighted by atomic mass is 19.4. The minimum Gasteiger partial charge on any atom is -0.464 e. The zero-order chi connectivity index (χ0) is 20.6. The maximum Gasteiger partial charge on any atom is 0.417 e. The van der Waals surface area contributed by atoms with Gasteiger partial charge in [-0.05, 0) is 32.0 Å². The summed E-state index contributed by atoms with van der Waals surface area (Å²) >= 11 is 0. The summed E-state index contributed by atoms with van der Waals surface area (Å²) in [7, 11) is 1.46. The largest absolute Gasteiger partial charge is 0.464 e. The predicted octanol–water partition coefficient (Wildman–Crippen LogP) is 3.84. The minimum absolute atomic E-state index is 0.0138. The van der Waals surface area contributed by atoms with Gasteiger partial charge in [0.05, 0.1) is 16.6 Å². The van der Waals surface area contributed by atoms with Gasteiger partial charge in [-0.1, -0.05) is 6.07 Å². The molecule has 0 fully saturated rings. The van der Waals surface area contributed by atoms with Crippen LogP contribution in [0.3, 0.4) is 0 Å². The molecule has 10 heteroatoms. The number of hydrogen-bond donors (Lipinski definition) is 1. The van der Waals surface area contributed by atoms with E-state index in [9.17, 15) is 22.4 Å². The lowest BCUT2D eigenvalue weighted by Crippen LogP contribution is -2.30. The number of benzene rings is 1. The minimum atomic E-state index is -4.65. The molecule has 1 atom stereocenters. The number of fused-ring (bicyclic) bond motifs is 1. The molecular formula is C18H16F4N4O2. The van der Waals surface area contributed by atoms with Crippen molar-refractivity contribution < 1.29 is 27.1 Å². The number of nitrogens with zero attached hydrogens (tertiary/aromatic N) is 3. The number of aryl methyl sites for hydroxylation is 2. The molecule has 2 aromatic heterocycles. The molecule has 3 aromatic rings. The zero-order valence-corrected chi connectivity index (χ0v) is 15.1. The van der Waals surface area contributed by atoms with Crippen molar-refractivity contribution in [3.8, 4) is 5.88 Å². The molecule has 28 heavy (non-hydrogen) atoms. The lowest BCUT2D eigenvalue weighted by Gasteiger charge is -2.16. The van der Waals surface area contributed by atoms with Crippen molar-refractivity contribution >= 4 is 22.6 Å². The van der Waals surface area contributed by atoms with Crippen molar-refractivity contribution in [3.05, 3.63) is 47.4 Å². The van der Waals surface area contributed by atoms with Crippen LogP contribution < -0.4 is 10.1 Å². The molecule has 1 N–H and O–H groups in total. The van der Waals surface area contributed by atoms with Crippen molar-refractivity contribution in [1.29, 1.82) is 0 Å². The first kappa shape index (κ1) is 19.6. The third-order valence-electron chi connectivity index (χ3n) is 4.01. The van der Waals surface area contributed by atoms with Gasteiger partial charge in [-0.2, -0.15) is 23.3 Å². The molecule has 3 rings (SSSR count). The Balaban J connectivity index is 1.89. The number of carbonyl (C=O) groups is 1. The van der Waals surface area contributed by atoms with Gasteiger partial charge in [0.25, 0.3) is 5.91 Å². The fraction of sp³-hybridized carbons (Fsp3) is 0.278. The molecule has 148 valence electrons. The molecule has 0 spiro atoms. The van der Waals surface area contributed by atoms with Gasteiger partial charge in [0.2, 0.25) is 5.88 Å². The second kappa shape index (κ2) is 7.10. The smallest absolute Gasteiger partial charge is 0.417 e. The average molecular weight is 396 g/mol. The number of hydrogen-bond acceptors (Lipinski definition) is 4. The highest BCUT2D eigenvalue weighted by molar-refractivity contribution is 5.94. The van der Waals surface area contributed by atoms with Crippen molar-refractivity contribution in [3.63, 3.8) is 0 Å². The first-order chi connectivity index (χ1) is 13.1. The Morgan fingerprint density at radius 3 is 2.64 bits per heavy atom. The van der Waals surface area contributed by atoms with E-state index in [2.05, 4.69) is 15.4 Å². The summed E-state index contributed by atoms with van der Waals surface area (Å²) < 4.78 is 60.2. The Bertz CT molecular complexity index is 1050. The molecule has 2 heterocycles. The SMILES string of the molecule is Cc1nn(C)c2nc(O[C@H](C)C(=O)Nc3cccc(F)c3)cc(C(F)(F)F)c12. The second-order valence-electron chi connectivity index (χ2n) is 6.17. The quantitative estimate of drug-likeness (QED) is 0.681. The van der Waals surface area contributed by atoms with Crippen molar-refractivity contribution in [1.82, 2.24) is 14.8 Å². The number of anilines is 1. The van der Waals surface area contributed by atoms with Crippen molar-refractivity contribution in [2.45, 2.75) is 26.1 Å². The van der Waals surface area contributed by atoms with Crippen LogP contribution in [-0.4, -0.2) is 26.8 Å². The third-order valence-corrected chi connectivity index (χ3v) is 4.01. The maximum absolute atomic E-state index is 13.5. The molecular weight excluding hydrogens is 380 g/mol. The normalized spacial score (nSPS) is 12.8. The second-order valence-corrected chi connectivity index (χ2v) is 6.17. The summed E-state index contributed by atoms with van der Waals surface area (Å²) in [5.41, 5.74) is -0.584. The molecule has 0 saturated heterocycles. The first-order valence-corrected chi connectivity index (χ1v) is 8.21. The molecule has 0 bridgehead atoms. The van der Waals surface area contributed by atoms with Gasteiger partial charge in [-0.3, -0.25) is 9.48 Å². The number of amides is 1. The van der Waals surface area contributed by atoms with E-state index >= 15 is 0 Å². The van der Waals surface area contributed by atoms with Gasteiger partial charge in [-0.15, -0.1) is 0 Å². The number of halogens is 4. The van der Waals surface area contributed by atoms with Crippen LogP contribution in [0.1, 0.15) is 18.2 Å². The number of rotatable bonds is 4. The molecule has 0 aliphatic carbocycles. The highest BCUT2D eigenvalue weighted by Gasteiger charge is 2.36. The van der Waals surface area contributed by atoms with Gasteiger partial charge in [0.1, 0.15) is 5.82 Å². The van der Waals surface area contributed by atoms with Gasteiger partial charge in [-0.25, -0.2) is 4.39 Å². The standard InChI is InChI=1S/C18H16F4N4O2/c1-9-15-13(18(20,21)22)8-14(24-16(15)26(3)25-9)28-10(2)17(27)23-12-6-4-5-11(19)7-12/h4-8,10H,1-3H3,(H,23,27)/t10-/m1/s1. The van der Waals surface area contributed by atoms with Crippen LogP contribution in [0.2, 0.25) is 0 Å². The Morgan fingerprint density at radius 2 is 2.00 bits per heavy atom. The topological polar surface area (TPSA) is 69.0 Å². The van der Waals surface area contributed by atoms with E-state index in [0.717, 1.165) is 12.1 Å². The van der Waals surface area contributed by atoms with Crippen LogP contribution in [0.15, 0.2) is 30.3 Å². The molecule has 1 amide bonds. The fourth-order valence-electron chi connectivity index (χ4n) is 2.75. The van der Waals surface area contributed by atoms with E-state index in [-0.39, 0.29) is 28.3 Å². The Hall–Kier alpha value is -3.17. The van der Waals surface area contributed by atoms with Crippen LogP contribution in [0, 0.1) is 12.7 Å². The van der Waals surface area contributed by atoms with E-state index in [1.807, 2.05) is 0 Å². The van der Waals surface area contributed by atoms with Gasteiger partial charge >= 0.3 is 6.18 Å². The Morgan fingerprint density at radius 1 is 1.29 bits per heavy atom. The molecule has 0 unspecified atom stereocenters. The monoisotopic (exact) mass is 396 g/mol. The number of ether oxygens (including phenoxy) is 1. The molecule has 1 aromatic carbocycles. The van der Waals surface area contributed by atoms with E-state index < -0.39 is 29.6 Å². The predicted molar refractivity (Wildman–Crippen MR) is 93.4 cm³/mol. The summed E-state index contributed by atoms with van der Waals surface area (Å²) in [5.74, 6) is -1.58. The van der Waals surface area contributed by atoms with E-state index in [1.165, 1.54) is 43.8 Å². The fourth-order valence-corrected chi connectivity index (χ4v) is 2.75. The molecule has 6 nitrogen and oxygen atoms in total. The number of nitrogens with one attached hydrogen (secondary N) is 1. The third kappa shape index (κ3) is 3.90. The first-order valence-electron chi connectivity index (χ1n) is 8.21. The number of carbonyl (C=O) groups excluding carboxylic acids is 1. The van der Waals surface area contributed by atoms with Crippen LogP contribution in [-0.2, 0) is 18.0 Å². The summed E-state index contributed by atoms with van der Waals surface area (Å²) in [5, 5.41) is 6.27. The number of alkyl halides is 3. The summed E-state index contributed by atoms with van der Waals surface area (Å²) in [6, 6.07) is 5.94. The number of pyridine rings is 1. The van der Waals surface area contributed by atoms with Crippen molar-refractivity contribution in [2.75, 3.05) is 5.32 Å². The molecule has 0 aliphatic heterocycles. The lowest BCUT2D eigenvalue weighted by atomic mass is 10.1. The van der Waals surface area contributed by atoms with Crippen LogP contribution in [0.25, 0.3) is 11.0 Å². The van der Waals surface area contributed by atoms with Crippen molar-refractivity contribution in [2.24, 2.45) is 7.05 Å². The van der Waals surface area contributed by atoms with Gasteiger partial charge < -0.3 is 10.1 Å². The van der Waals surface area contributed by atoms with Gasteiger partial charge in [0, 0.05) is 18.8 Å². The Labute approximate surface area is 157 Å². The van der Waals surface area contributed by atoms with Crippen LogP contribution in [0.4, 0.5) is 23.2 Å². The zero-order valence-electron chi connectivity index (χ0n) is 15.1. The van der Waals surface area contributed by atoms with Crippen LogP contribution in [0.5, 0.6) is 5.88 Å². The summed E-state index contributed by atoms with van der Waals surface area (Å²) in [6.07, 6.45) is -5.83. The van der Waals surface area contributed by atoms with E-state index in [0.29, 0.717) is 0 Å². The summed E-state index contributed by atoms with van der Waals surface area (Å²) in [6.45, 7) is 2.80. The van der Waals surface area contributed by atoms with E-state index in [4.69, 9.17) is 4.74 Å². The van der Waals surface area contributed by atoms with E-state index in [1.54, 1.807) is 0 Å². The number of aromatic nitrogens is 3. The Kier molecular flexibility index (Phi) is 4.97. The molecule has 0 saturated carbocycles.